The summed E-state index contributed by atoms with van der Waals surface area (Å²) >= 11 is 12.2. The largest absolute Gasteiger partial charge is 0.352 e. The molecule has 8 heteroatoms. The van der Waals surface area contributed by atoms with E-state index < -0.39 is 15.9 Å². The second kappa shape index (κ2) is 8.61. The maximum Gasteiger partial charge on any atom is 0.252 e. The third kappa shape index (κ3) is 5.45. The van der Waals surface area contributed by atoms with Crippen LogP contribution in [0.5, 0.6) is 0 Å². The molecule has 2 aromatic rings. The molecule has 0 unspecified atom stereocenters. The third-order valence-electron chi connectivity index (χ3n) is 4.23. The van der Waals surface area contributed by atoms with Crippen molar-refractivity contribution in [3.8, 4) is 0 Å². The van der Waals surface area contributed by atoms with Gasteiger partial charge in [-0.1, -0.05) is 53.5 Å². The lowest BCUT2D eigenvalue weighted by molar-refractivity contribution is 0.0953. The van der Waals surface area contributed by atoms with Crippen LogP contribution < -0.4 is 10.0 Å². The Morgan fingerprint density at radius 3 is 2.44 bits per heavy atom. The first-order valence-corrected chi connectivity index (χ1v) is 10.9. The molecule has 0 heterocycles. The van der Waals surface area contributed by atoms with Gasteiger partial charge in [-0.15, -0.1) is 0 Å². The molecule has 1 aliphatic rings. The van der Waals surface area contributed by atoms with Crippen LogP contribution in [0, 0.1) is 0 Å². The molecule has 0 aromatic heterocycles. The molecule has 0 radical (unpaired) electrons. The second-order valence-electron chi connectivity index (χ2n) is 6.50. The van der Waals surface area contributed by atoms with E-state index >= 15 is 0 Å². The molecule has 1 aliphatic carbocycles. The van der Waals surface area contributed by atoms with Crippen molar-refractivity contribution < 1.29 is 13.2 Å². The number of hydrogen-bond acceptors (Lipinski definition) is 3. The van der Waals surface area contributed by atoms with E-state index in [2.05, 4.69) is 10.0 Å². The number of nitrogens with one attached hydrogen (secondary N) is 2. The molecule has 0 bridgehead atoms. The SMILES string of the molecule is O=C(NCCCc1ccccc1)c1cc(S(=O)(=O)NC2CC2)c(Cl)cc1Cl. The number of aryl methyl sites for hydroxylation is 1. The molecule has 1 fully saturated rings. The summed E-state index contributed by atoms with van der Waals surface area (Å²) in [5.41, 5.74) is 1.28. The molecule has 1 amide bonds. The molecule has 2 N–H and O–H groups in total. The van der Waals surface area contributed by atoms with Gasteiger partial charge in [-0.3, -0.25) is 4.79 Å². The van der Waals surface area contributed by atoms with E-state index in [1.165, 1.54) is 17.7 Å². The average Bonchev–Trinajstić information content (AvgIpc) is 3.42. The van der Waals surface area contributed by atoms with Crippen molar-refractivity contribution in [3.63, 3.8) is 0 Å². The first kappa shape index (κ1) is 20.1. The molecule has 27 heavy (non-hydrogen) atoms. The van der Waals surface area contributed by atoms with Gasteiger partial charge in [0.05, 0.1) is 15.6 Å². The minimum absolute atomic E-state index is 0.00576. The van der Waals surface area contributed by atoms with Crippen LogP contribution in [0.15, 0.2) is 47.4 Å². The number of amides is 1. The number of benzene rings is 2. The van der Waals surface area contributed by atoms with Crippen LogP contribution in [0.2, 0.25) is 10.0 Å². The van der Waals surface area contributed by atoms with Gasteiger partial charge < -0.3 is 5.32 Å². The molecule has 3 rings (SSSR count). The first-order valence-electron chi connectivity index (χ1n) is 8.70. The van der Waals surface area contributed by atoms with Gasteiger partial charge in [0.25, 0.3) is 5.91 Å². The van der Waals surface area contributed by atoms with Crippen LogP contribution in [0.3, 0.4) is 0 Å². The van der Waals surface area contributed by atoms with Crippen molar-refractivity contribution in [2.45, 2.75) is 36.6 Å². The van der Waals surface area contributed by atoms with E-state index in [9.17, 15) is 13.2 Å². The quantitative estimate of drug-likeness (QED) is 0.630. The zero-order valence-corrected chi connectivity index (χ0v) is 16.9. The highest BCUT2D eigenvalue weighted by molar-refractivity contribution is 7.89. The lowest BCUT2D eigenvalue weighted by Crippen LogP contribution is -2.28. The number of halogens is 2. The van der Waals surface area contributed by atoms with Gasteiger partial charge in [-0.2, -0.15) is 0 Å². The predicted octanol–water partition coefficient (Wildman–Crippen LogP) is 3.80. The van der Waals surface area contributed by atoms with Crippen molar-refractivity contribution in [1.29, 1.82) is 0 Å². The van der Waals surface area contributed by atoms with Crippen molar-refractivity contribution in [1.82, 2.24) is 10.0 Å². The van der Waals surface area contributed by atoms with Crippen molar-refractivity contribution in [3.05, 3.63) is 63.6 Å². The molecule has 0 saturated heterocycles. The Kier molecular flexibility index (Phi) is 6.42. The molecule has 0 atom stereocenters. The number of rotatable bonds is 8. The summed E-state index contributed by atoms with van der Waals surface area (Å²) in [5.74, 6) is -0.424. The molecule has 0 aliphatic heterocycles. The van der Waals surface area contributed by atoms with Gasteiger partial charge in [-0.05, 0) is 43.4 Å². The number of hydrogen-bond donors (Lipinski definition) is 2. The Bertz CT molecular complexity index is 929. The maximum atomic E-state index is 12.4. The Labute approximate surface area is 169 Å². The van der Waals surface area contributed by atoms with E-state index in [1.807, 2.05) is 30.3 Å². The van der Waals surface area contributed by atoms with E-state index in [0.717, 1.165) is 25.7 Å². The van der Waals surface area contributed by atoms with Gasteiger partial charge in [0, 0.05) is 12.6 Å². The molecule has 144 valence electrons. The van der Waals surface area contributed by atoms with Crippen LogP contribution in [0.1, 0.15) is 35.2 Å². The first-order chi connectivity index (χ1) is 12.9. The van der Waals surface area contributed by atoms with Gasteiger partial charge >= 0.3 is 0 Å². The standard InChI is InChI=1S/C19H20Cl2N2O3S/c20-16-12-17(21)18(27(25,26)23-14-8-9-14)11-15(16)19(24)22-10-4-7-13-5-2-1-3-6-13/h1-3,5-6,11-12,14,23H,4,7-10H2,(H,22,24). The lowest BCUT2D eigenvalue weighted by atomic mass is 10.1. The topological polar surface area (TPSA) is 75.3 Å². The minimum Gasteiger partial charge on any atom is -0.352 e. The monoisotopic (exact) mass is 426 g/mol. The normalized spacial score (nSPS) is 14.1. The zero-order chi connectivity index (χ0) is 19.4. The fourth-order valence-electron chi connectivity index (χ4n) is 2.63. The van der Waals surface area contributed by atoms with Crippen molar-refractivity contribution in [2.24, 2.45) is 0 Å². The zero-order valence-electron chi connectivity index (χ0n) is 14.5. The molecule has 0 spiro atoms. The van der Waals surface area contributed by atoms with Crippen molar-refractivity contribution in [2.75, 3.05) is 6.54 Å². The summed E-state index contributed by atoms with van der Waals surface area (Å²) in [7, 11) is -3.78. The molecular weight excluding hydrogens is 407 g/mol. The summed E-state index contributed by atoms with van der Waals surface area (Å²) in [6, 6.07) is 12.4. The molecular formula is C19H20Cl2N2O3S. The van der Waals surface area contributed by atoms with Gasteiger partial charge in [0.2, 0.25) is 10.0 Å². The molecule has 2 aromatic carbocycles. The highest BCUT2D eigenvalue weighted by Crippen LogP contribution is 2.30. The van der Waals surface area contributed by atoms with Crippen LogP contribution in [0.4, 0.5) is 0 Å². The number of carbonyl (C=O) groups is 1. The Morgan fingerprint density at radius 1 is 1.07 bits per heavy atom. The Hall–Kier alpha value is -1.60. The molecule has 5 nitrogen and oxygen atoms in total. The van der Waals surface area contributed by atoms with Gasteiger partial charge in [0.1, 0.15) is 4.90 Å². The lowest BCUT2D eigenvalue weighted by Gasteiger charge is -2.12. The highest BCUT2D eigenvalue weighted by atomic mass is 35.5. The highest BCUT2D eigenvalue weighted by Gasteiger charge is 2.30. The maximum absolute atomic E-state index is 12.4. The van der Waals surface area contributed by atoms with Gasteiger partial charge in [0.15, 0.2) is 0 Å². The van der Waals surface area contributed by atoms with Crippen LogP contribution >= 0.6 is 23.2 Å². The van der Waals surface area contributed by atoms with E-state index in [0.29, 0.717) is 6.54 Å². The fraction of sp³-hybridized carbons (Fsp3) is 0.316. The second-order valence-corrected chi connectivity index (χ2v) is 9.00. The van der Waals surface area contributed by atoms with E-state index in [-0.39, 0.29) is 26.5 Å². The van der Waals surface area contributed by atoms with Gasteiger partial charge in [-0.25, -0.2) is 13.1 Å². The summed E-state index contributed by atoms with van der Waals surface area (Å²) in [6.45, 7) is 0.453. The Balaban J connectivity index is 1.66. The smallest absolute Gasteiger partial charge is 0.252 e. The average molecular weight is 427 g/mol. The van der Waals surface area contributed by atoms with Crippen LogP contribution in [-0.2, 0) is 16.4 Å². The van der Waals surface area contributed by atoms with Crippen LogP contribution in [0.25, 0.3) is 0 Å². The predicted molar refractivity (Wildman–Crippen MR) is 107 cm³/mol. The third-order valence-corrected chi connectivity index (χ3v) is 6.52. The summed E-state index contributed by atoms with van der Waals surface area (Å²) in [5, 5.41) is 2.89. The summed E-state index contributed by atoms with van der Waals surface area (Å²) in [6.07, 6.45) is 3.20. The Morgan fingerprint density at radius 2 is 1.78 bits per heavy atom. The van der Waals surface area contributed by atoms with Crippen LogP contribution in [-0.4, -0.2) is 26.9 Å². The molecule has 1 saturated carbocycles. The van der Waals surface area contributed by atoms with E-state index in [1.54, 1.807) is 0 Å². The summed E-state index contributed by atoms with van der Waals surface area (Å²) < 4.78 is 27.4. The minimum atomic E-state index is -3.78. The van der Waals surface area contributed by atoms with Crippen molar-refractivity contribution >= 4 is 39.1 Å². The number of carbonyl (C=O) groups excluding carboxylic acids is 1. The number of sulfonamides is 1. The van der Waals surface area contributed by atoms with E-state index in [4.69, 9.17) is 23.2 Å². The fourth-order valence-corrected chi connectivity index (χ4v) is 4.79. The summed E-state index contributed by atoms with van der Waals surface area (Å²) in [4.78, 5) is 12.3.